The summed E-state index contributed by atoms with van der Waals surface area (Å²) in [5.74, 6) is -0.504. The summed E-state index contributed by atoms with van der Waals surface area (Å²) in [6.45, 7) is 0.394. The molecule has 0 saturated carbocycles. The fourth-order valence-corrected chi connectivity index (χ4v) is 2.63. The monoisotopic (exact) mass is 414 g/mol. The molecule has 0 atom stereocenters. The molecule has 0 bridgehead atoms. The third-order valence-corrected chi connectivity index (χ3v) is 4.18. The zero-order valence-electron chi connectivity index (χ0n) is 15.8. The van der Waals surface area contributed by atoms with E-state index in [9.17, 15) is 24.5 Å². The molecule has 0 aromatic heterocycles. The summed E-state index contributed by atoms with van der Waals surface area (Å²) in [5.41, 5.74) is 0.430. The number of nitrogens with zero attached hydrogens (tertiary/aromatic N) is 1. The predicted molar refractivity (Wildman–Crippen MR) is 103 cm³/mol. The first kappa shape index (κ1) is 20.8. The normalized spacial score (nSPS) is 12.0. The second-order valence-corrected chi connectivity index (χ2v) is 6.25. The van der Waals surface area contributed by atoms with Crippen molar-refractivity contribution in [1.29, 1.82) is 0 Å². The molecule has 0 aliphatic carbocycles. The number of amides is 1. The molecule has 0 unspecified atom stereocenters. The van der Waals surface area contributed by atoms with Crippen molar-refractivity contribution in [2.75, 3.05) is 26.4 Å². The molecule has 3 rings (SSSR count). The van der Waals surface area contributed by atoms with Crippen LogP contribution in [0.1, 0.15) is 27.1 Å². The number of nitro groups is 1. The van der Waals surface area contributed by atoms with Gasteiger partial charge in [0, 0.05) is 29.8 Å². The lowest BCUT2D eigenvalue weighted by atomic mass is 10.1. The topological polar surface area (TPSA) is 134 Å². The Hall–Kier alpha value is -3.95. The molecule has 0 saturated heterocycles. The molecule has 156 valence electrons. The summed E-state index contributed by atoms with van der Waals surface area (Å²) in [4.78, 5) is 46.0. The van der Waals surface area contributed by atoms with Crippen LogP contribution in [0.15, 0.2) is 42.5 Å². The van der Waals surface area contributed by atoms with Gasteiger partial charge in [0.25, 0.3) is 11.6 Å². The van der Waals surface area contributed by atoms with Crippen molar-refractivity contribution in [3.05, 3.63) is 63.7 Å². The van der Waals surface area contributed by atoms with E-state index >= 15 is 0 Å². The van der Waals surface area contributed by atoms with Gasteiger partial charge in [-0.3, -0.25) is 24.5 Å². The van der Waals surface area contributed by atoms with Crippen LogP contribution in [0.2, 0.25) is 0 Å². The van der Waals surface area contributed by atoms with Crippen molar-refractivity contribution >= 4 is 23.3 Å². The highest BCUT2D eigenvalue weighted by Gasteiger charge is 2.16. The lowest BCUT2D eigenvalue weighted by Crippen LogP contribution is -2.27. The molecule has 1 N–H and O–H groups in total. The summed E-state index contributed by atoms with van der Waals surface area (Å²) >= 11 is 0. The highest BCUT2D eigenvalue weighted by atomic mass is 16.6. The quantitative estimate of drug-likeness (QED) is 0.300. The number of fused-ring (bicyclic) bond motifs is 1. The minimum atomic E-state index is -0.648. The predicted octanol–water partition coefficient (Wildman–Crippen LogP) is 1.91. The average molecular weight is 414 g/mol. The second kappa shape index (κ2) is 9.50. The zero-order chi connectivity index (χ0) is 21.5. The largest absolute Gasteiger partial charge is 0.486 e. The number of nitro benzene ring substituents is 1. The summed E-state index contributed by atoms with van der Waals surface area (Å²) in [6.07, 6.45) is -0.132. The lowest BCUT2D eigenvalue weighted by Gasteiger charge is -2.18. The molecule has 0 fully saturated rings. The highest BCUT2D eigenvalue weighted by molar-refractivity contribution is 5.98. The van der Waals surface area contributed by atoms with E-state index in [1.54, 1.807) is 12.1 Å². The Kier molecular flexibility index (Phi) is 6.58. The van der Waals surface area contributed by atoms with Crippen LogP contribution in [-0.4, -0.2) is 48.9 Å². The number of hydrogen-bond acceptors (Lipinski definition) is 8. The molecule has 0 spiro atoms. The number of esters is 1. The van der Waals surface area contributed by atoms with Crippen LogP contribution in [0.5, 0.6) is 11.5 Å². The Morgan fingerprint density at radius 1 is 1.00 bits per heavy atom. The fourth-order valence-electron chi connectivity index (χ4n) is 2.63. The maximum atomic E-state index is 12.2. The third kappa shape index (κ3) is 5.31. The van der Waals surface area contributed by atoms with Crippen LogP contribution in [0, 0.1) is 10.1 Å². The van der Waals surface area contributed by atoms with Crippen molar-refractivity contribution < 1.29 is 33.5 Å². The molecule has 2 aromatic rings. The standard InChI is InChI=1S/C20H18N2O8/c23-16(14-3-6-17-18(11-14)29-10-9-28-17)12-30-19(24)7-8-21-20(25)13-1-4-15(5-2-13)22(26)27/h1-6,11H,7-10,12H2,(H,21,25). The average Bonchev–Trinajstić information content (AvgIpc) is 2.77. The van der Waals surface area contributed by atoms with Gasteiger partial charge in [-0.25, -0.2) is 0 Å². The van der Waals surface area contributed by atoms with Crippen LogP contribution in [0.25, 0.3) is 0 Å². The number of rotatable bonds is 8. The molecule has 10 nitrogen and oxygen atoms in total. The number of ketones is 1. The van der Waals surface area contributed by atoms with Crippen molar-refractivity contribution in [1.82, 2.24) is 5.32 Å². The number of nitrogens with one attached hydrogen (secondary N) is 1. The maximum absolute atomic E-state index is 12.2. The smallest absolute Gasteiger partial charge is 0.308 e. The van der Waals surface area contributed by atoms with Gasteiger partial charge in [0.2, 0.25) is 0 Å². The van der Waals surface area contributed by atoms with Gasteiger partial charge in [-0.1, -0.05) is 0 Å². The van der Waals surface area contributed by atoms with E-state index in [1.165, 1.54) is 30.3 Å². The van der Waals surface area contributed by atoms with E-state index in [0.717, 1.165) is 0 Å². The first-order chi connectivity index (χ1) is 14.4. The molecule has 1 amide bonds. The van der Waals surface area contributed by atoms with E-state index in [2.05, 4.69) is 5.32 Å². The van der Waals surface area contributed by atoms with E-state index in [0.29, 0.717) is 30.3 Å². The summed E-state index contributed by atoms with van der Waals surface area (Å²) in [7, 11) is 0. The Bertz CT molecular complexity index is 971. The van der Waals surface area contributed by atoms with Gasteiger partial charge in [0.1, 0.15) is 13.2 Å². The van der Waals surface area contributed by atoms with Gasteiger partial charge in [-0.2, -0.15) is 0 Å². The number of Topliss-reactive ketones (excluding diaryl/α,β-unsaturated/α-hetero) is 1. The lowest BCUT2D eigenvalue weighted by molar-refractivity contribution is -0.384. The Morgan fingerprint density at radius 3 is 2.37 bits per heavy atom. The first-order valence-corrected chi connectivity index (χ1v) is 9.05. The van der Waals surface area contributed by atoms with Gasteiger partial charge in [0.05, 0.1) is 11.3 Å². The van der Waals surface area contributed by atoms with Crippen LogP contribution in [0.3, 0.4) is 0 Å². The number of carbonyl (C=O) groups excluding carboxylic acids is 3. The fraction of sp³-hybridized carbons (Fsp3) is 0.250. The molecule has 0 radical (unpaired) electrons. The van der Waals surface area contributed by atoms with Crippen LogP contribution >= 0.6 is 0 Å². The zero-order valence-corrected chi connectivity index (χ0v) is 15.8. The van der Waals surface area contributed by atoms with Crippen molar-refractivity contribution in [2.24, 2.45) is 0 Å². The number of ether oxygens (including phenoxy) is 3. The van der Waals surface area contributed by atoms with Gasteiger partial charge < -0.3 is 19.5 Å². The van der Waals surface area contributed by atoms with Gasteiger partial charge >= 0.3 is 5.97 Å². The third-order valence-electron chi connectivity index (χ3n) is 4.18. The van der Waals surface area contributed by atoms with Gasteiger partial charge in [-0.05, 0) is 30.3 Å². The molecular weight excluding hydrogens is 396 g/mol. The SMILES string of the molecule is O=C(CCNC(=O)c1ccc([N+](=O)[O-])cc1)OCC(=O)c1ccc2c(c1)OCCO2. The van der Waals surface area contributed by atoms with Gasteiger partial charge in [0.15, 0.2) is 23.9 Å². The molecule has 2 aromatic carbocycles. The van der Waals surface area contributed by atoms with E-state index in [4.69, 9.17) is 14.2 Å². The number of benzene rings is 2. The second-order valence-electron chi connectivity index (χ2n) is 6.25. The molecule has 1 heterocycles. The van der Waals surface area contributed by atoms with E-state index < -0.39 is 29.2 Å². The van der Waals surface area contributed by atoms with E-state index in [1.807, 2.05) is 0 Å². The van der Waals surface area contributed by atoms with E-state index in [-0.39, 0.29) is 24.2 Å². The molecule has 1 aliphatic heterocycles. The minimum Gasteiger partial charge on any atom is -0.486 e. The van der Waals surface area contributed by atoms with Crippen molar-refractivity contribution in [2.45, 2.75) is 6.42 Å². The summed E-state index contributed by atoms with van der Waals surface area (Å²) in [6, 6.07) is 9.79. The molecular formula is C20H18N2O8. The van der Waals surface area contributed by atoms with Crippen molar-refractivity contribution in [3.8, 4) is 11.5 Å². The Morgan fingerprint density at radius 2 is 1.67 bits per heavy atom. The molecule has 10 heteroatoms. The Balaban J connectivity index is 1.41. The van der Waals surface area contributed by atoms with Crippen LogP contribution < -0.4 is 14.8 Å². The number of carbonyl (C=O) groups is 3. The number of non-ortho nitro benzene ring substituents is 1. The van der Waals surface area contributed by atoms with Gasteiger partial charge in [-0.15, -0.1) is 0 Å². The highest BCUT2D eigenvalue weighted by Crippen LogP contribution is 2.30. The number of hydrogen-bond donors (Lipinski definition) is 1. The first-order valence-electron chi connectivity index (χ1n) is 9.05. The molecule has 30 heavy (non-hydrogen) atoms. The summed E-state index contributed by atoms with van der Waals surface area (Å²) in [5, 5.41) is 13.1. The Labute approximate surface area is 170 Å². The molecule has 1 aliphatic rings. The van der Waals surface area contributed by atoms with Crippen LogP contribution in [-0.2, 0) is 9.53 Å². The van der Waals surface area contributed by atoms with Crippen molar-refractivity contribution in [3.63, 3.8) is 0 Å². The summed E-state index contributed by atoms with van der Waals surface area (Å²) < 4.78 is 15.7. The minimum absolute atomic E-state index is 0.00707. The maximum Gasteiger partial charge on any atom is 0.308 e. The van der Waals surface area contributed by atoms with Crippen LogP contribution in [0.4, 0.5) is 5.69 Å².